The number of carbonyl (C=O) groups excluding carboxylic acids is 2. The quantitative estimate of drug-likeness (QED) is 0.647. The molecule has 8 heteroatoms. The molecule has 0 aliphatic heterocycles. The lowest BCUT2D eigenvalue weighted by Gasteiger charge is -2.10. The number of amides is 2. The molecule has 0 saturated heterocycles. The van der Waals surface area contributed by atoms with Crippen molar-refractivity contribution >= 4 is 23.4 Å². The van der Waals surface area contributed by atoms with Gasteiger partial charge in [-0.05, 0) is 68.4 Å². The summed E-state index contributed by atoms with van der Waals surface area (Å²) in [6.45, 7) is 3.64. The molecule has 0 unspecified atom stereocenters. The van der Waals surface area contributed by atoms with Gasteiger partial charge in [0.2, 0.25) is 0 Å². The van der Waals surface area contributed by atoms with E-state index in [-0.39, 0.29) is 6.61 Å². The molecule has 2 N–H and O–H groups in total. The van der Waals surface area contributed by atoms with Crippen LogP contribution in [-0.4, -0.2) is 28.2 Å². The fourth-order valence-electron chi connectivity index (χ4n) is 2.56. The van der Waals surface area contributed by atoms with Crippen molar-refractivity contribution in [2.45, 2.75) is 13.8 Å². The maximum atomic E-state index is 12.2. The highest BCUT2D eigenvalue weighted by Crippen LogP contribution is 2.15. The summed E-state index contributed by atoms with van der Waals surface area (Å²) in [5.74, 6) is -0.409. The van der Waals surface area contributed by atoms with Gasteiger partial charge >= 0.3 is 0 Å². The number of aromatic nitrogens is 2. The topological polar surface area (TPSA) is 85.2 Å². The number of rotatable bonds is 5. The summed E-state index contributed by atoms with van der Waals surface area (Å²) >= 11 is 5.78. The minimum atomic E-state index is -0.484. The van der Waals surface area contributed by atoms with Gasteiger partial charge in [-0.2, -0.15) is 5.10 Å². The Morgan fingerprint density at radius 3 is 2.32 bits per heavy atom. The molecule has 0 bridgehead atoms. The molecule has 144 valence electrons. The molecule has 0 aliphatic rings. The first-order valence-corrected chi connectivity index (χ1v) is 8.91. The molecule has 0 aliphatic carbocycles. The van der Waals surface area contributed by atoms with Crippen molar-refractivity contribution in [2.24, 2.45) is 0 Å². The van der Waals surface area contributed by atoms with Crippen LogP contribution in [0.25, 0.3) is 5.69 Å². The molecule has 3 rings (SSSR count). The molecule has 0 radical (unpaired) electrons. The predicted molar refractivity (Wildman–Crippen MR) is 106 cm³/mol. The van der Waals surface area contributed by atoms with Crippen LogP contribution in [0.5, 0.6) is 5.75 Å². The number of hydrogen-bond acceptors (Lipinski definition) is 4. The van der Waals surface area contributed by atoms with Crippen molar-refractivity contribution in [3.8, 4) is 11.4 Å². The van der Waals surface area contributed by atoms with Gasteiger partial charge in [-0.3, -0.25) is 20.4 Å². The van der Waals surface area contributed by atoms with Gasteiger partial charge in [0.15, 0.2) is 6.61 Å². The molecule has 0 saturated carbocycles. The van der Waals surface area contributed by atoms with Crippen LogP contribution in [-0.2, 0) is 4.79 Å². The third kappa shape index (κ3) is 4.89. The van der Waals surface area contributed by atoms with E-state index in [0.717, 1.165) is 17.1 Å². The highest BCUT2D eigenvalue weighted by atomic mass is 35.5. The first-order valence-electron chi connectivity index (χ1n) is 8.53. The van der Waals surface area contributed by atoms with Crippen molar-refractivity contribution in [1.29, 1.82) is 0 Å². The number of hydrazine groups is 1. The Morgan fingerprint density at radius 1 is 1.04 bits per heavy atom. The summed E-state index contributed by atoms with van der Waals surface area (Å²) in [7, 11) is 0. The number of nitrogens with zero attached hydrogens (tertiary/aromatic N) is 2. The average molecular weight is 399 g/mol. The predicted octanol–water partition coefficient (Wildman–Crippen LogP) is 2.98. The van der Waals surface area contributed by atoms with E-state index in [1.807, 2.05) is 19.9 Å². The maximum Gasteiger partial charge on any atom is 0.276 e. The lowest BCUT2D eigenvalue weighted by molar-refractivity contribution is -0.123. The molecule has 2 amide bonds. The van der Waals surface area contributed by atoms with Crippen molar-refractivity contribution < 1.29 is 14.3 Å². The molecule has 28 heavy (non-hydrogen) atoms. The number of aryl methyl sites for hydroxylation is 2. The van der Waals surface area contributed by atoms with E-state index >= 15 is 0 Å². The van der Waals surface area contributed by atoms with Crippen molar-refractivity contribution in [3.05, 3.63) is 76.6 Å². The fourth-order valence-corrected chi connectivity index (χ4v) is 2.68. The molecule has 1 heterocycles. The zero-order valence-electron chi connectivity index (χ0n) is 15.4. The van der Waals surface area contributed by atoms with Crippen molar-refractivity contribution in [3.63, 3.8) is 0 Å². The summed E-state index contributed by atoms with van der Waals surface area (Å²) < 4.78 is 7.11. The van der Waals surface area contributed by atoms with E-state index in [1.54, 1.807) is 53.2 Å². The number of ether oxygens (including phenoxy) is 1. The first kappa shape index (κ1) is 19.4. The van der Waals surface area contributed by atoms with E-state index in [4.69, 9.17) is 16.3 Å². The van der Waals surface area contributed by atoms with Crippen LogP contribution >= 0.6 is 11.6 Å². The van der Waals surface area contributed by atoms with Gasteiger partial charge in [-0.1, -0.05) is 11.6 Å². The number of nitrogens with one attached hydrogen (secondary N) is 2. The second-order valence-electron chi connectivity index (χ2n) is 6.13. The molecule has 7 nitrogen and oxygen atoms in total. The fraction of sp³-hybridized carbons (Fsp3) is 0.150. The summed E-state index contributed by atoms with van der Waals surface area (Å²) in [5, 5.41) is 4.98. The van der Waals surface area contributed by atoms with Gasteiger partial charge in [0.25, 0.3) is 11.8 Å². The molecular weight excluding hydrogens is 380 g/mol. The molecule has 2 aromatic carbocycles. The van der Waals surface area contributed by atoms with E-state index in [2.05, 4.69) is 16.0 Å². The zero-order chi connectivity index (χ0) is 20.1. The van der Waals surface area contributed by atoms with Gasteiger partial charge in [-0.15, -0.1) is 0 Å². The largest absolute Gasteiger partial charge is 0.484 e. The standard InChI is InChI=1S/C20H19ClN4O3/c1-13-11-14(2)25(24-13)17-7-3-15(4-8-17)20(27)23-22-19(26)12-28-18-9-5-16(21)6-10-18/h3-11H,12H2,1-2H3,(H,22,26)(H,23,27). The Balaban J connectivity index is 1.51. The average Bonchev–Trinajstić information content (AvgIpc) is 3.04. The molecule has 3 aromatic rings. The number of carbonyl (C=O) groups is 2. The lowest BCUT2D eigenvalue weighted by atomic mass is 10.2. The summed E-state index contributed by atoms with van der Waals surface area (Å²) in [6.07, 6.45) is 0. The summed E-state index contributed by atoms with van der Waals surface area (Å²) in [4.78, 5) is 24.0. The molecule has 0 atom stereocenters. The lowest BCUT2D eigenvalue weighted by Crippen LogP contribution is -2.43. The second kappa shape index (κ2) is 8.58. The number of benzene rings is 2. The monoisotopic (exact) mass is 398 g/mol. The first-order chi connectivity index (χ1) is 13.4. The van der Waals surface area contributed by atoms with Crippen LogP contribution in [0.2, 0.25) is 5.02 Å². The second-order valence-corrected chi connectivity index (χ2v) is 6.57. The van der Waals surface area contributed by atoms with Gasteiger partial charge in [-0.25, -0.2) is 4.68 Å². The van der Waals surface area contributed by atoms with Gasteiger partial charge in [0.05, 0.1) is 11.4 Å². The van der Waals surface area contributed by atoms with Crippen LogP contribution in [0.3, 0.4) is 0 Å². The Kier molecular flexibility index (Phi) is 5.96. The molecule has 1 aromatic heterocycles. The van der Waals surface area contributed by atoms with Gasteiger partial charge in [0, 0.05) is 16.3 Å². The molecular formula is C20H19ClN4O3. The Hall–Kier alpha value is -3.32. The molecule has 0 spiro atoms. The normalized spacial score (nSPS) is 10.4. The Morgan fingerprint density at radius 2 is 1.71 bits per heavy atom. The Bertz CT molecular complexity index is 982. The van der Waals surface area contributed by atoms with E-state index in [0.29, 0.717) is 16.3 Å². The van der Waals surface area contributed by atoms with E-state index in [1.165, 1.54) is 0 Å². The van der Waals surface area contributed by atoms with Gasteiger partial charge < -0.3 is 4.74 Å². The van der Waals surface area contributed by atoms with Crippen LogP contribution in [0.1, 0.15) is 21.7 Å². The van der Waals surface area contributed by atoms with Crippen LogP contribution in [0.4, 0.5) is 0 Å². The third-order valence-electron chi connectivity index (χ3n) is 3.88. The minimum absolute atomic E-state index is 0.237. The van der Waals surface area contributed by atoms with Gasteiger partial charge in [0.1, 0.15) is 5.75 Å². The minimum Gasteiger partial charge on any atom is -0.484 e. The van der Waals surface area contributed by atoms with E-state index < -0.39 is 11.8 Å². The number of hydrogen-bond donors (Lipinski definition) is 2. The van der Waals surface area contributed by atoms with Crippen molar-refractivity contribution in [2.75, 3.05) is 6.61 Å². The summed E-state index contributed by atoms with van der Waals surface area (Å²) in [5.41, 5.74) is 7.85. The van der Waals surface area contributed by atoms with E-state index in [9.17, 15) is 9.59 Å². The van der Waals surface area contributed by atoms with Crippen LogP contribution in [0, 0.1) is 13.8 Å². The maximum absolute atomic E-state index is 12.2. The molecule has 0 fully saturated rings. The SMILES string of the molecule is Cc1cc(C)n(-c2ccc(C(=O)NNC(=O)COc3ccc(Cl)cc3)cc2)n1. The Labute approximate surface area is 167 Å². The van der Waals surface area contributed by atoms with Crippen molar-refractivity contribution in [1.82, 2.24) is 20.6 Å². The smallest absolute Gasteiger partial charge is 0.276 e. The zero-order valence-corrected chi connectivity index (χ0v) is 16.2. The highest BCUT2D eigenvalue weighted by Gasteiger charge is 2.09. The van der Waals surface area contributed by atoms with Crippen LogP contribution in [0.15, 0.2) is 54.6 Å². The third-order valence-corrected chi connectivity index (χ3v) is 4.13. The highest BCUT2D eigenvalue weighted by molar-refractivity contribution is 6.30. The van der Waals surface area contributed by atoms with Crippen LogP contribution < -0.4 is 15.6 Å². The summed E-state index contributed by atoms with van der Waals surface area (Å²) in [6, 6.07) is 15.5. The number of halogens is 1.